The van der Waals surface area contributed by atoms with Crippen molar-refractivity contribution in [1.82, 2.24) is 5.32 Å². The molecule has 0 radical (unpaired) electrons. The van der Waals surface area contributed by atoms with E-state index in [-0.39, 0.29) is 0 Å². The summed E-state index contributed by atoms with van der Waals surface area (Å²) in [6.45, 7) is 7.19. The van der Waals surface area contributed by atoms with Crippen LogP contribution in [0, 0.1) is 6.92 Å². The molecule has 2 aromatic carbocycles. The van der Waals surface area contributed by atoms with E-state index in [0.29, 0.717) is 17.7 Å². The molecule has 0 atom stereocenters. The zero-order valence-electron chi connectivity index (χ0n) is 13.7. The van der Waals surface area contributed by atoms with Crippen LogP contribution in [0.3, 0.4) is 0 Å². The van der Waals surface area contributed by atoms with Crippen LogP contribution >= 0.6 is 0 Å². The van der Waals surface area contributed by atoms with Gasteiger partial charge in [-0.25, -0.2) is 0 Å². The summed E-state index contributed by atoms with van der Waals surface area (Å²) in [5, 5.41) is 13.7. The van der Waals surface area contributed by atoms with Crippen LogP contribution in [0.1, 0.15) is 47.6 Å². The Labute approximate surface area is 133 Å². The Hall–Kier alpha value is -1.80. The summed E-state index contributed by atoms with van der Waals surface area (Å²) in [6, 6.07) is 13.3. The first kappa shape index (κ1) is 15.1. The van der Waals surface area contributed by atoms with Gasteiger partial charge in [-0.15, -0.1) is 0 Å². The summed E-state index contributed by atoms with van der Waals surface area (Å²) >= 11 is 0. The van der Waals surface area contributed by atoms with Crippen molar-refractivity contribution in [2.75, 3.05) is 0 Å². The number of aryl methyl sites for hydroxylation is 1. The van der Waals surface area contributed by atoms with Crippen molar-refractivity contribution in [1.29, 1.82) is 0 Å². The maximum atomic E-state index is 9.95. The number of nitrogens with one attached hydrogen (secondary N) is 1. The highest BCUT2D eigenvalue weighted by molar-refractivity contribution is 5.42. The van der Waals surface area contributed by atoms with E-state index < -0.39 is 0 Å². The van der Waals surface area contributed by atoms with Gasteiger partial charge in [0.25, 0.3) is 0 Å². The van der Waals surface area contributed by atoms with Crippen LogP contribution in [0.25, 0.3) is 0 Å². The first-order chi connectivity index (χ1) is 10.5. The second kappa shape index (κ2) is 6.13. The summed E-state index contributed by atoms with van der Waals surface area (Å²) < 4.78 is 0. The fourth-order valence-corrected chi connectivity index (χ4v) is 3.42. The average Bonchev–Trinajstić information content (AvgIpc) is 2.90. The van der Waals surface area contributed by atoms with E-state index in [1.165, 1.54) is 22.3 Å². The molecule has 2 heteroatoms. The number of fused-ring (bicyclic) bond motifs is 1. The summed E-state index contributed by atoms with van der Waals surface area (Å²) in [5.74, 6) is 0.824. The molecule has 0 fully saturated rings. The number of phenolic OH excluding ortho intramolecular Hbond substituents is 1. The van der Waals surface area contributed by atoms with Gasteiger partial charge < -0.3 is 10.4 Å². The van der Waals surface area contributed by atoms with E-state index in [2.05, 4.69) is 49.5 Å². The third-order valence-electron chi connectivity index (χ3n) is 4.71. The Balaban J connectivity index is 1.71. The number of hydrogen-bond donors (Lipinski definition) is 2. The molecule has 0 aliphatic heterocycles. The van der Waals surface area contributed by atoms with E-state index in [4.69, 9.17) is 0 Å². The third-order valence-corrected chi connectivity index (χ3v) is 4.71. The van der Waals surface area contributed by atoms with Crippen LogP contribution in [0.15, 0.2) is 36.4 Å². The number of phenols is 1. The van der Waals surface area contributed by atoms with Crippen molar-refractivity contribution in [2.45, 2.75) is 52.1 Å². The molecule has 0 heterocycles. The minimum Gasteiger partial charge on any atom is -0.508 e. The highest BCUT2D eigenvalue weighted by atomic mass is 16.3. The van der Waals surface area contributed by atoms with Crippen LogP contribution in [0.5, 0.6) is 5.75 Å². The van der Waals surface area contributed by atoms with Crippen molar-refractivity contribution >= 4 is 0 Å². The second-order valence-electron chi connectivity index (χ2n) is 6.75. The molecule has 1 aliphatic rings. The molecule has 1 aliphatic carbocycles. The molecule has 2 aromatic rings. The maximum Gasteiger partial charge on any atom is 0.118 e. The Morgan fingerprint density at radius 2 is 1.77 bits per heavy atom. The van der Waals surface area contributed by atoms with E-state index in [1.54, 1.807) is 0 Å². The van der Waals surface area contributed by atoms with Gasteiger partial charge in [-0.3, -0.25) is 0 Å². The Kier molecular flexibility index (Phi) is 4.21. The van der Waals surface area contributed by atoms with Crippen molar-refractivity contribution in [2.24, 2.45) is 0 Å². The average molecular weight is 295 g/mol. The maximum absolute atomic E-state index is 9.95. The summed E-state index contributed by atoms with van der Waals surface area (Å²) in [4.78, 5) is 0. The fourth-order valence-electron chi connectivity index (χ4n) is 3.42. The lowest BCUT2D eigenvalue weighted by atomic mass is 9.94. The molecule has 2 N–H and O–H groups in total. The zero-order chi connectivity index (χ0) is 15.7. The van der Waals surface area contributed by atoms with Gasteiger partial charge in [0.2, 0.25) is 0 Å². The number of rotatable bonds is 4. The first-order valence-electron chi connectivity index (χ1n) is 8.17. The summed E-state index contributed by atoms with van der Waals surface area (Å²) in [7, 11) is 0. The second-order valence-corrected chi connectivity index (χ2v) is 6.75. The van der Waals surface area contributed by atoms with Gasteiger partial charge in [-0.1, -0.05) is 44.2 Å². The minimum absolute atomic E-state index is 0.403. The van der Waals surface area contributed by atoms with Crippen LogP contribution in [-0.4, -0.2) is 11.1 Å². The number of benzene rings is 2. The van der Waals surface area contributed by atoms with Crippen LogP contribution < -0.4 is 5.32 Å². The van der Waals surface area contributed by atoms with E-state index >= 15 is 0 Å². The lowest BCUT2D eigenvalue weighted by Gasteiger charge is -2.18. The SMILES string of the molecule is Cc1cc(CNC2Cc3ccccc3C2)c(C(C)C)cc1O. The normalized spacial score (nSPS) is 14.5. The van der Waals surface area contributed by atoms with Gasteiger partial charge in [-0.05, 0) is 59.6 Å². The molecule has 0 bridgehead atoms. The van der Waals surface area contributed by atoms with Crippen molar-refractivity contribution in [3.8, 4) is 5.75 Å². The third kappa shape index (κ3) is 3.02. The molecule has 2 nitrogen and oxygen atoms in total. The van der Waals surface area contributed by atoms with Gasteiger partial charge in [0.15, 0.2) is 0 Å². The summed E-state index contributed by atoms with van der Waals surface area (Å²) in [5.41, 5.74) is 6.46. The van der Waals surface area contributed by atoms with E-state index in [9.17, 15) is 5.11 Å². The Bertz CT molecular complexity index is 650. The largest absolute Gasteiger partial charge is 0.508 e. The quantitative estimate of drug-likeness (QED) is 0.890. The summed E-state index contributed by atoms with van der Waals surface area (Å²) in [6.07, 6.45) is 2.23. The van der Waals surface area contributed by atoms with Gasteiger partial charge in [0, 0.05) is 12.6 Å². The van der Waals surface area contributed by atoms with E-state index in [1.807, 2.05) is 13.0 Å². The predicted molar refractivity (Wildman–Crippen MR) is 91.4 cm³/mol. The highest BCUT2D eigenvalue weighted by Gasteiger charge is 2.20. The van der Waals surface area contributed by atoms with E-state index in [0.717, 1.165) is 24.9 Å². The molecule has 116 valence electrons. The lowest BCUT2D eigenvalue weighted by molar-refractivity contribution is 0.468. The monoisotopic (exact) mass is 295 g/mol. The standard InChI is InChI=1S/C20H25NO/c1-13(2)19-11-20(22)14(3)8-17(19)12-21-18-9-15-6-4-5-7-16(15)10-18/h4-8,11,13,18,21-22H,9-10,12H2,1-3H3. The predicted octanol–water partition coefficient (Wildman–Crippen LogP) is 4.08. The van der Waals surface area contributed by atoms with Crippen LogP contribution in [-0.2, 0) is 19.4 Å². The molecular formula is C20H25NO. The van der Waals surface area contributed by atoms with Gasteiger partial charge >= 0.3 is 0 Å². The molecule has 0 spiro atoms. The molecule has 0 unspecified atom stereocenters. The molecule has 0 saturated heterocycles. The molecule has 0 amide bonds. The molecule has 22 heavy (non-hydrogen) atoms. The minimum atomic E-state index is 0.403. The Morgan fingerprint density at radius 1 is 1.14 bits per heavy atom. The molecule has 3 rings (SSSR count). The molecular weight excluding hydrogens is 270 g/mol. The smallest absolute Gasteiger partial charge is 0.118 e. The van der Waals surface area contributed by atoms with Gasteiger partial charge in [0.05, 0.1) is 0 Å². The Morgan fingerprint density at radius 3 is 2.36 bits per heavy atom. The highest BCUT2D eigenvalue weighted by Crippen LogP contribution is 2.28. The van der Waals surface area contributed by atoms with Gasteiger partial charge in [-0.2, -0.15) is 0 Å². The van der Waals surface area contributed by atoms with Crippen molar-refractivity contribution in [3.05, 3.63) is 64.2 Å². The first-order valence-corrected chi connectivity index (χ1v) is 8.17. The lowest BCUT2D eigenvalue weighted by Crippen LogP contribution is -2.29. The van der Waals surface area contributed by atoms with Crippen molar-refractivity contribution in [3.63, 3.8) is 0 Å². The zero-order valence-corrected chi connectivity index (χ0v) is 13.7. The molecule has 0 saturated carbocycles. The number of hydrogen-bond acceptors (Lipinski definition) is 2. The van der Waals surface area contributed by atoms with Crippen LogP contribution in [0.2, 0.25) is 0 Å². The number of aromatic hydroxyl groups is 1. The van der Waals surface area contributed by atoms with Crippen molar-refractivity contribution < 1.29 is 5.11 Å². The van der Waals surface area contributed by atoms with Gasteiger partial charge in [0.1, 0.15) is 5.75 Å². The van der Waals surface area contributed by atoms with Crippen LogP contribution in [0.4, 0.5) is 0 Å². The fraction of sp³-hybridized carbons (Fsp3) is 0.400. The topological polar surface area (TPSA) is 32.3 Å². The molecule has 0 aromatic heterocycles.